The Morgan fingerprint density at radius 1 is 1.17 bits per heavy atom. The summed E-state index contributed by atoms with van der Waals surface area (Å²) in [5, 5.41) is 3.53. The maximum absolute atomic E-state index is 4.89. The molecule has 1 aliphatic carbocycles. The maximum Gasteiger partial charge on any atom is 0.165 e. The maximum atomic E-state index is 4.89. The number of nitrogens with one attached hydrogen (secondary N) is 1. The molecule has 0 saturated heterocycles. The lowest BCUT2D eigenvalue weighted by atomic mass is 9.93. The molecule has 0 amide bonds. The van der Waals surface area contributed by atoms with Crippen LogP contribution in [0.1, 0.15) is 32.6 Å². The summed E-state index contributed by atoms with van der Waals surface area (Å²) in [6, 6.07) is 10.8. The Morgan fingerprint density at radius 3 is 2.70 bits per heavy atom. The van der Waals surface area contributed by atoms with Crippen molar-refractivity contribution in [3.05, 3.63) is 36.7 Å². The van der Waals surface area contributed by atoms with Crippen molar-refractivity contribution < 1.29 is 0 Å². The number of rotatable bonds is 5. The molecular formula is C18H21N5. The fourth-order valence-corrected chi connectivity index (χ4v) is 3.03. The molecule has 0 bridgehead atoms. The molecule has 118 valence electrons. The van der Waals surface area contributed by atoms with E-state index in [1.165, 1.54) is 19.3 Å². The number of aromatic nitrogens is 4. The van der Waals surface area contributed by atoms with Crippen LogP contribution in [0.25, 0.3) is 22.6 Å². The van der Waals surface area contributed by atoms with Crippen LogP contribution in [-0.2, 0) is 6.54 Å². The van der Waals surface area contributed by atoms with Gasteiger partial charge in [0.2, 0.25) is 0 Å². The zero-order chi connectivity index (χ0) is 15.6. The van der Waals surface area contributed by atoms with Gasteiger partial charge in [0.1, 0.15) is 12.2 Å². The lowest BCUT2D eigenvalue weighted by Crippen LogP contribution is -2.27. The second kappa shape index (κ2) is 5.99. The number of hydrogen-bond acceptors (Lipinski definition) is 4. The molecule has 1 fully saturated rings. The average Bonchev–Trinajstić information content (AvgIpc) is 2.92. The van der Waals surface area contributed by atoms with Gasteiger partial charge in [0.05, 0.1) is 0 Å². The number of nitrogens with zero attached hydrogens (tertiary/aromatic N) is 4. The number of anilines is 1. The Balaban J connectivity index is 1.85. The zero-order valence-electron chi connectivity index (χ0n) is 13.4. The largest absolute Gasteiger partial charge is 0.365 e. The average molecular weight is 307 g/mol. The summed E-state index contributed by atoms with van der Waals surface area (Å²) in [5.41, 5.74) is 2.92. The summed E-state index contributed by atoms with van der Waals surface area (Å²) < 4.78 is 2.21. The molecule has 5 nitrogen and oxygen atoms in total. The highest BCUT2D eigenvalue weighted by Crippen LogP contribution is 2.29. The van der Waals surface area contributed by atoms with Crippen LogP contribution in [-0.4, -0.2) is 25.6 Å². The van der Waals surface area contributed by atoms with Crippen LogP contribution < -0.4 is 5.32 Å². The minimum atomic E-state index is 0.532. The molecule has 0 atom stereocenters. The zero-order valence-corrected chi connectivity index (χ0v) is 13.4. The van der Waals surface area contributed by atoms with Gasteiger partial charge in [0.15, 0.2) is 17.0 Å². The van der Waals surface area contributed by atoms with Gasteiger partial charge in [0.25, 0.3) is 0 Å². The monoisotopic (exact) mass is 307 g/mol. The fraction of sp³-hybridized carbons (Fsp3) is 0.389. The number of hydrogen-bond donors (Lipinski definition) is 1. The third-order valence-corrected chi connectivity index (χ3v) is 4.46. The van der Waals surface area contributed by atoms with Crippen molar-refractivity contribution in [2.75, 3.05) is 5.32 Å². The van der Waals surface area contributed by atoms with Gasteiger partial charge in [-0.2, -0.15) is 0 Å². The first kappa shape index (κ1) is 14.2. The molecule has 1 N–H and O–H groups in total. The molecule has 0 radical (unpaired) electrons. The Bertz CT molecular complexity index is 805. The van der Waals surface area contributed by atoms with Gasteiger partial charge in [-0.25, -0.2) is 15.0 Å². The van der Waals surface area contributed by atoms with Crippen molar-refractivity contribution in [3.8, 4) is 11.4 Å². The molecule has 0 aliphatic heterocycles. The minimum absolute atomic E-state index is 0.532. The van der Waals surface area contributed by atoms with E-state index in [4.69, 9.17) is 4.98 Å². The van der Waals surface area contributed by atoms with E-state index in [0.717, 1.165) is 41.3 Å². The number of imidazole rings is 1. The summed E-state index contributed by atoms with van der Waals surface area (Å²) in [7, 11) is 0. The van der Waals surface area contributed by atoms with Crippen LogP contribution in [0.4, 0.5) is 5.82 Å². The van der Waals surface area contributed by atoms with E-state index in [1.807, 2.05) is 18.2 Å². The van der Waals surface area contributed by atoms with E-state index in [0.29, 0.717) is 6.04 Å². The predicted octanol–water partition coefficient (Wildman–Crippen LogP) is 3.87. The number of aryl methyl sites for hydroxylation is 1. The van der Waals surface area contributed by atoms with E-state index in [-0.39, 0.29) is 0 Å². The van der Waals surface area contributed by atoms with Gasteiger partial charge >= 0.3 is 0 Å². The van der Waals surface area contributed by atoms with Crippen LogP contribution in [0.5, 0.6) is 0 Å². The molecule has 4 rings (SSSR count). The highest BCUT2D eigenvalue weighted by molar-refractivity contribution is 5.86. The standard InChI is InChI=1S/C18H21N5/c1-2-11-23-17(13-7-4-3-5-8-13)22-15-16(19-12-20-18(15)23)21-14-9-6-10-14/h3-5,7-8,12,14H,2,6,9-11H2,1H3,(H,19,20,21). The van der Waals surface area contributed by atoms with Crippen molar-refractivity contribution in [2.24, 2.45) is 0 Å². The molecule has 5 heteroatoms. The van der Waals surface area contributed by atoms with Crippen molar-refractivity contribution in [1.82, 2.24) is 19.5 Å². The molecule has 23 heavy (non-hydrogen) atoms. The van der Waals surface area contributed by atoms with Gasteiger partial charge in [-0.3, -0.25) is 0 Å². The minimum Gasteiger partial charge on any atom is -0.365 e. The summed E-state index contributed by atoms with van der Waals surface area (Å²) in [4.78, 5) is 13.8. The summed E-state index contributed by atoms with van der Waals surface area (Å²) >= 11 is 0. The van der Waals surface area contributed by atoms with Crippen LogP contribution >= 0.6 is 0 Å². The van der Waals surface area contributed by atoms with E-state index in [1.54, 1.807) is 6.33 Å². The number of fused-ring (bicyclic) bond motifs is 1. The first-order chi connectivity index (χ1) is 11.4. The third-order valence-electron chi connectivity index (χ3n) is 4.46. The van der Waals surface area contributed by atoms with Gasteiger partial charge in [-0.15, -0.1) is 0 Å². The van der Waals surface area contributed by atoms with Crippen LogP contribution in [0, 0.1) is 0 Å². The molecule has 2 aromatic heterocycles. The molecule has 1 aliphatic rings. The predicted molar refractivity (Wildman–Crippen MR) is 92.3 cm³/mol. The van der Waals surface area contributed by atoms with Crippen LogP contribution in [0.15, 0.2) is 36.7 Å². The second-order valence-electron chi connectivity index (χ2n) is 6.12. The SMILES string of the molecule is CCCn1c(-c2ccccc2)nc2c(NC3CCC3)ncnc21. The summed E-state index contributed by atoms with van der Waals surface area (Å²) in [6.07, 6.45) is 6.41. The second-order valence-corrected chi connectivity index (χ2v) is 6.12. The van der Waals surface area contributed by atoms with Gasteiger partial charge in [0, 0.05) is 18.2 Å². The molecule has 3 aromatic rings. The third kappa shape index (κ3) is 2.56. The lowest BCUT2D eigenvalue weighted by molar-refractivity contribution is 0.444. The van der Waals surface area contributed by atoms with Crippen molar-refractivity contribution in [3.63, 3.8) is 0 Å². The van der Waals surface area contributed by atoms with E-state index < -0.39 is 0 Å². The van der Waals surface area contributed by atoms with Gasteiger partial charge in [-0.05, 0) is 25.7 Å². The fourth-order valence-electron chi connectivity index (χ4n) is 3.03. The Morgan fingerprint density at radius 2 is 2.00 bits per heavy atom. The lowest BCUT2D eigenvalue weighted by Gasteiger charge is -2.26. The Labute approximate surface area is 135 Å². The highest BCUT2D eigenvalue weighted by atomic mass is 15.2. The first-order valence-electron chi connectivity index (χ1n) is 8.40. The van der Waals surface area contributed by atoms with Crippen molar-refractivity contribution in [1.29, 1.82) is 0 Å². The van der Waals surface area contributed by atoms with Gasteiger partial charge in [-0.1, -0.05) is 37.3 Å². The smallest absolute Gasteiger partial charge is 0.165 e. The summed E-state index contributed by atoms with van der Waals surface area (Å²) in [5.74, 6) is 1.84. The highest BCUT2D eigenvalue weighted by Gasteiger charge is 2.21. The molecule has 2 heterocycles. The molecule has 1 aromatic carbocycles. The quantitative estimate of drug-likeness (QED) is 0.777. The number of benzene rings is 1. The molecule has 0 spiro atoms. The van der Waals surface area contributed by atoms with E-state index in [9.17, 15) is 0 Å². The van der Waals surface area contributed by atoms with E-state index >= 15 is 0 Å². The molecule has 0 unspecified atom stereocenters. The molecular weight excluding hydrogens is 286 g/mol. The van der Waals surface area contributed by atoms with Crippen LogP contribution in [0.3, 0.4) is 0 Å². The van der Waals surface area contributed by atoms with Crippen molar-refractivity contribution in [2.45, 2.75) is 45.2 Å². The Kier molecular flexibility index (Phi) is 3.69. The topological polar surface area (TPSA) is 55.6 Å². The Hall–Kier alpha value is -2.43. The van der Waals surface area contributed by atoms with Crippen LogP contribution in [0.2, 0.25) is 0 Å². The van der Waals surface area contributed by atoms with E-state index in [2.05, 4.69) is 38.9 Å². The summed E-state index contributed by atoms with van der Waals surface area (Å²) in [6.45, 7) is 3.08. The van der Waals surface area contributed by atoms with Gasteiger partial charge < -0.3 is 9.88 Å². The van der Waals surface area contributed by atoms with Crippen molar-refractivity contribution >= 4 is 17.0 Å². The normalized spacial score (nSPS) is 14.8. The molecule has 1 saturated carbocycles. The first-order valence-corrected chi connectivity index (χ1v) is 8.40.